The lowest BCUT2D eigenvalue weighted by atomic mass is 10.1. The maximum absolute atomic E-state index is 11.3. The molecule has 1 aromatic carbocycles. The SMILES string of the molecule is COC(=O)c1cc(I)c(C)cc1I. The third-order valence-electron chi connectivity index (χ3n) is 1.65. The number of methoxy groups -OCH3 is 1. The summed E-state index contributed by atoms with van der Waals surface area (Å²) in [4.78, 5) is 11.3. The third kappa shape index (κ3) is 2.55. The van der Waals surface area contributed by atoms with E-state index in [2.05, 4.69) is 49.9 Å². The highest BCUT2D eigenvalue weighted by atomic mass is 127. The molecule has 0 N–H and O–H groups in total. The van der Waals surface area contributed by atoms with Crippen molar-refractivity contribution in [3.8, 4) is 0 Å². The van der Waals surface area contributed by atoms with Crippen LogP contribution in [0, 0.1) is 14.1 Å². The van der Waals surface area contributed by atoms with Gasteiger partial charge in [-0.2, -0.15) is 0 Å². The van der Waals surface area contributed by atoms with Gasteiger partial charge in [-0.3, -0.25) is 0 Å². The van der Waals surface area contributed by atoms with Gasteiger partial charge in [-0.1, -0.05) is 0 Å². The molecule has 0 bridgehead atoms. The van der Waals surface area contributed by atoms with E-state index < -0.39 is 0 Å². The number of esters is 1. The Morgan fingerprint density at radius 1 is 1.31 bits per heavy atom. The van der Waals surface area contributed by atoms with Crippen molar-refractivity contribution in [3.63, 3.8) is 0 Å². The Labute approximate surface area is 104 Å². The largest absolute Gasteiger partial charge is 0.465 e. The van der Waals surface area contributed by atoms with Gasteiger partial charge in [0.25, 0.3) is 0 Å². The molecule has 0 amide bonds. The molecule has 0 aliphatic heterocycles. The van der Waals surface area contributed by atoms with Crippen LogP contribution >= 0.6 is 45.2 Å². The fraction of sp³-hybridized carbons (Fsp3) is 0.222. The second-order valence-electron chi connectivity index (χ2n) is 2.57. The van der Waals surface area contributed by atoms with Crippen molar-refractivity contribution in [3.05, 3.63) is 30.4 Å². The van der Waals surface area contributed by atoms with Crippen LogP contribution in [0.3, 0.4) is 0 Å². The van der Waals surface area contributed by atoms with Crippen molar-refractivity contribution in [2.24, 2.45) is 0 Å². The van der Waals surface area contributed by atoms with E-state index >= 15 is 0 Å². The van der Waals surface area contributed by atoms with Crippen LogP contribution < -0.4 is 0 Å². The Morgan fingerprint density at radius 2 is 1.92 bits per heavy atom. The van der Waals surface area contributed by atoms with Crippen LogP contribution in [0.15, 0.2) is 12.1 Å². The number of carbonyl (C=O) groups excluding carboxylic acids is 1. The molecule has 70 valence electrons. The summed E-state index contributed by atoms with van der Waals surface area (Å²) in [5, 5.41) is 0. The highest BCUT2D eigenvalue weighted by molar-refractivity contribution is 14.1. The maximum atomic E-state index is 11.3. The summed E-state index contributed by atoms with van der Waals surface area (Å²) in [6, 6.07) is 3.83. The molecule has 0 saturated carbocycles. The standard InChI is InChI=1S/C9H8I2O2/c1-5-3-8(11)6(4-7(5)10)9(12)13-2/h3-4H,1-2H3. The lowest BCUT2D eigenvalue weighted by molar-refractivity contribution is 0.0599. The Balaban J connectivity index is 3.23. The molecule has 0 saturated heterocycles. The lowest BCUT2D eigenvalue weighted by Crippen LogP contribution is -2.04. The minimum absolute atomic E-state index is 0.276. The van der Waals surface area contributed by atoms with Gasteiger partial charge < -0.3 is 4.74 Å². The Kier molecular flexibility index (Phi) is 3.96. The van der Waals surface area contributed by atoms with Gasteiger partial charge in [0.1, 0.15) is 0 Å². The molecule has 13 heavy (non-hydrogen) atoms. The van der Waals surface area contributed by atoms with E-state index in [9.17, 15) is 4.79 Å². The first-order chi connectivity index (χ1) is 6.06. The number of carbonyl (C=O) groups is 1. The summed E-state index contributed by atoms with van der Waals surface area (Å²) < 4.78 is 6.68. The first-order valence-electron chi connectivity index (χ1n) is 3.60. The molecule has 0 fully saturated rings. The zero-order chi connectivity index (χ0) is 10.0. The van der Waals surface area contributed by atoms with Gasteiger partial charge in [-0.25, -0.2) is 4.79 Å². The fourth-order valence-electron chi connectivity index (χ4n) is 0.913. The van der Waals surface area contributed by atoms with Gasteiger partial charge in [0, 0.05) is 7.14 Å². The van der Waals surface area contributed by atoms with Crippen LogP contribution in [0.1, 0.15) is 15.9 Å². The number of benzene rings is 1. The van der Waals surface area contributed by atoms with Crippen molar-refractivity contribution in [2.45, 2.75) is 6.92 Å². The zero-order valence-electron chi connectivity index (χ0n) is 7.23. The molecule has 0 aliphatic carbocycles. The smallest absolute Gasteiger partial charge is 0.338 e. The van der Waals surface area contributed by atoms with Crippen LogP contribution in [0.5, 0.6) is 0 Å². The highest BCUT2D eigenvalue weighted by Crippen LogP contribution is 2.20. The number of rotatable bonds is 1. The fourth-order valence-corrected chi connectivity index (χ4v) is 2.22. The van der Waals surface area contributed by atoms with E-state index in [1.165, 1.54) is 12.7 Å². The van der Waals surface area contributed by atoms with Gasteiger partial charge in [0.2, 0.25) is 0 Å². The third-order valence-corrected chi connectivity index (χ3v) is 3.71. The van der Waals surface area contributed by atoms with Crippen molar-refractivity contribution in [1.82, 2.24) is 0 Å². The molecule has 0 unspecified atom stereocenters. The quantitative estimate of drug-likeness (QED) is 0.534. The average Bonchev–Trinajstić information content (AvgIpc) is 2.10. The molecular formula is C9H8I2O2. The number of hydrogen-bond acceptors (Lipinski definition) is 2. The summed E-state index contributed by atoms with van der Waals surface area (Å²) in [6.07, 6.45) is 0. The summed E-state index contributed by atoms with van der Waals surface area (Å²) in [6.45, 7) is 2.02. The van der Waals surface area contributed by atoms with Crippen molar-refractivity contribution >= 4 is 51.2 Å². The van der Waals surface area contributed by atoms with Gasteiger partial charge in [0.05, 0.1) is 12.7 Å². The van der Waals surface area contributed by atoms with Crippen molar-refractivity contribution < 1.29 is 9.53 Å². The topological polar surface area (TPSA) is 26.3 Å². The number of ether oxygens (including phenoxy) is 1. The van der Waals surface area contributed by atoms with Crippen LogP contribution in [0.2, 0.25) is 0 Å². The van der Waals surface area contributed by atoms with E-state index in [-0.39, 0.29) is 5.97 Å². The second-order valence-corrected chi connectivity index (χ2v) is 4.90. The molecule has 0 aromatic heterocycles. The van der Waals surface area contributed by atoms with Gasteiger partial charge in [-0.05, 0) is 69.8 Å². The summed E-state index contributed by atoms with van der Waals surface area (Å²) in [7, 11) is 1.39. The molecule has 2 nitrogen and oxygen atoms in total. The van der Waals surface area contributed by atoms with Crippen molar-refractivity contribution in [2.75, 3.05) is 7.11 Å². The Hall–Kier alpha value is 0.150. The first kappa shape index (κ1) is 11.2. The second kappa shape index (κ2) is 4.59. The summed E-state index contributed by atoms with van der Waals surface area (Å²) >= 11 is 4.34. The number of hydrogen-bond donors (Lipinski definition) is 0. The van der Waals surface area contributed by atoms with Gasteiger partial charge >= 0.3 is 5.97 Å². The van der Waals surface area contributed by atoms with Crippen LogP contribution in [-0.2, 0) is 4.74 Å². The summed E-state index contributed by atoms with van der Waals surface area (Å²) in [5.41, 5.74) is 1.82. The maximum Gasteiger partial charge on any atom is 0.338 e. The first-order valence-corrected chi connectivity index (χ1v) is 5.76. The van der Waals surface area contributed by atoms with Crippen molar-refractivity contribution in [1.29, 1.82) is 0 Å². The minimum atomic E-state index is -0.276. The molecule has 0 aliphatic rings. The van der Waals surface area contributed by atoms with E-state index in [0.717, 1.165) is 7.14 Å². The van der Waals surface area contributed by atoms with Gasteiger partial charge in [-0.15, -0.1) is 0 Å². The molecule has 0 radical (unpaired) electrons. The lowest BCUT2D eigenvalue weighted by Gasteiger charge is -2.05. The number of aryl methyl sites for hydroxylation is 1. The van der Waals surface area contributed by atoms with Crippen LogP contribution in [0.4, 0.5) is 0 Å². The average molecular weight is 402 g/mol. The minimum Gasteiger partial charge on any atom is -0.465 e. The van der Waals surface area contributed by atoms with E-state index in [4.69, 9.17) is 0 Å². The molecule has 0 atom stereocenters. The summed E-state index contributed by atoms with van der Waals surface area (Å²) in [5.74, 6) is -0.276. The molecular weight excluding hydrogens is 394 g/mol. The molecule has 1 rings (SSSR count). The van der Waals surface area contributed by atoms with Crippen LogP contribution in [0.25, 0.3) is 0 Å². The molecule has 0 heterocycles. The molecule has 0 spiro atoms. The molecule has 4 heteroatoms. The van der Waals surface area contributed by atoms with E-state index in [1.807, 2.05) is 19.1 Å². The number of halogens is 2. The predicted molar refractivity (Wildman–Crippen MR) is 68.0 cm³/mol. The van der Waals surface area contributed by atoms with Gasteiger partial charge in [0.15, 0.2) is 0 Å². The predicted octanol–water partition coefficient (Wildman–Crippen LogP) is 2.99. The Morgan fingerprint density at radius 3 is 2.46 bits per heavy atom. The zero-order valence-corrected chi connectivity index (χ0v) is 11.5. The highest BCUT2D eigenvalue weighted by Gasteiger charge is 2.11. The molecule has 1 aromatic rings. The normalized spacial score (nSPS) is 9.85. The monoisotopic (exact) mass is 402 g/mol. The van der Waals surface area contributed by atoms with E-state index in [0.29, 0.717) is 5.56 Å². The van der Waals surface area contributed by atoms with E-state index in [1.54, 1.807) is 0 Å². The Bertz CT molecular complexity index is 348. The van der Waals surface area contributed by atoms with Crippen LogP contribution in [-0.4, -0.2) is 13.1 Å².